The second-order valence-corrected chi connectivity index (χ2v) is 6.29. The molecule has 1 saturated heterocycles. The standard InChI is InChI=1S/C19H22N2/c20-13-14-9-11-21(12-10-14)19-17-7-3-1-5-15(17)16-6-2-4-8-18(16)19/h1-8,14,19H,9-13,20H2. The molecule has 1 aliphatic carbocycles. The summed E-state index contributed by atoms with van der Waals surface area (Å²) in [6.07, 6.45) is 2.47. The first-order valence-electron chi connectivity index (χ1n) is 8.01. The average Bonchev–Trinajstić information content (AvgIpc) is 2.90. The molecule has 108 valence electrons. The number of piperidine rings is 1. The number of rotatable bonds is 2. The number of fused-ring (bicyclic) bond motifs is 3. The first-order chi connectivity index (χ1) is 10.4. The topological polar surface area (TPSA) is 29.3 Å². The molecule has 21 heavy (non-hydrogen) atoms. The quantitative estimate of drug-likeness (QED) is 0.912. The van der Waals surface area contributed by atoms with Crippen LogP contribution in [-0.4, -0.2) is 24.5 Å². The molecule has 0 aromatic heterocycles. The first kappa shape index (κ1) is 13.1. The van der Waals surface area contributed by atoms with Crippen LogP contribution in [0.3, 0.4) is 0 Å². The number of nitrogens with zero attached hydrogens (tertiary/aromatic N) is 1. The minimum absolute atomic E-state index is 0.441. The van der Waals surface area contributed by atoms with Crippen molar-refractivity contribution in [3.05, 3.63) is 59.7 Å². The molecule has 0 radical (unpaired) electrons. The Morgan fingerprint density at radius 1 is 0.857 bits per heavy atom. The van der Waals surface area contributed by atoms with Crippen LogP contribution in [-0.2, 0) is 0 Å². The SMILES string of the molecule is NCC1CCN(C2c3ccccc3-c3ccccc32)CC1. The van der Waals surface area contributed by atoms with Gasteiger partial charge in [0.05, 0.1) is 6.04 Å². The Labute approximate surface area is 126 Å². The highest BCUT2D eigenvalue weighted by molar-refractivity contribution is 5.78. The molecule has 1 heterocycles. The lowest BCUT2D eigenvalue weighted by Gasteiger charge is -2.36. The second kappa shape index (κ2) is 5.28. The van der Waals surface area contributed by atoms with Gasteiger partial charge in [-0.1, -0.05) is 48.5 Å². The van der Waals surface area contributed by atoms with Gasteiger partial charge in [-0.3, -0.25) is 4.90 Å². The summed E-state index contributed by atoms with van der Waals surface area (Å²) in [5.41, 5.74) is 11.6. The van der Waals surface area contributed by atoms with Crippen molar-refractivity contribution in [1.29, 1.82) is 0 Å². The van der Waals surface area contributed by atoms with Crippen molar-refractivity contribution in [2.24, 2.45) is 11.7 Å². The average molecular weight is 278 g/mol. The van der Waals surface area contributed by atoms with E-state index in [2.05, 4.69) is 53.4 Å². The molecule has 1 fully saturated rings. The summed E-state index contributed by atoms with van der Waals surface area (Å²) in [7, 11) is 0. The largest absolute Gasteiger partial charge is 0.330 e. The van der Waals surface area contributed by atoms with E-state index in [1.165, 1.54) is 35.1 Å². The Morgan fingerprint density at radius 3 is 1.90 bits per heavy atom. The molecule has 4 rings (SSSR count). The van der Waals surface area contributed by atoms with Crippen LogP contribution in [0.25, 0.3) is 11.1 Å². The zero-order valence-corrected chi connectivity index (χ0v) is 12.3. The normalized spacial score (nSPS) is 19.5. The van der Waals surface area contributed by atoms with Gasteiger partial charge in [0.1, 0.15) is 0 Å². The summed E-state index contributed by atoms with van der Waals surface area (Å²) in [6.45, 7) is 3.16. The molecule has 0 bridgehead atoms. The van der Waals surface area contributed by atoms with Crippen molar-refractivity contribution in [3.63, 3.8) is 0 Å². The van der Waals surface area contributed by atoms with E-state index in [9.17, 15) is 0 Å². The maximum atomic E-state index is 5.84. The lowest BCUT2D eigenvalue weighted by atomic mass is 9.93. The minimum atomic E-state index is 0.441. The van der Waals surface area contributed by atoms with E-state index in [-0.39, 0.29) is 0 Å². The van der Waals surface area contributed by atoms with Crippen LogP contribution in [0.1, 0.15) is 30.0 Å². The van der Waals surface area contributed by atoms with Gasteiger partial charge in [-0.25, -0.2) is 0 Å². The van der Waals surface area contributed by atoms with Crippen LogP contribution >= 0.6 is 0 Å². The summed E-state index contributed by atoms with van der Waals surface area (Å²) in [5, 5.41) is 0. The van der Waals surface area contributed by atoms with Gasteiger partial charge in [0.25, 0.3) is 0 Å². The lowest BCUT2D eigenvalue weighted by Crippen LogP contribution is -2.38. The molecular formula is C19H22N2. The van der Waals surface area contributed by atoms with E-state index in [1.807, 2.05) is 0 Å². The van der Waals surface area contributed by atoms with E-state index in [0.717, 1.165) is 19.6 Å². The molecular weight excluding hydrogens is 256 g/mol. The highest BCUT2D eigenvalue weighted by Gasteiger charge is 2.34. The second-order valence-electron chi connectivity index (χ2n) is 6.29. The monoisotopic (exact) mass is 278 g/mol. The summed E-state index contributed by atoms with van der Waals surface area (Å²) >= 11 is 0. The molecule has 2 aliphatic rings. The van der Waals surface area contributed by atoms with Crippen LogP contribution in [0.15, 0.2) is 48.5 Å². The van der Waals surface area contributed by atoms with Gasteiger partial charge in [0.2, 0.25) is 0 Å². The molecule has 1 aliphatic heterocycles. The molecule has 0 unspecified atom stereocenters. The van der Waals surface area contributed by atoms with E-state index >= 15 is 0 Å². The summed E-state index contributed by atoms with van der Waals surface area (Å²) in [4.78, 5) is 2.65. The number of hydrogen-bond donors (Lipinski definition) is 1. The summed E-state index contributed by atoms with van der Waals surface area (Å²) in [5.74, 6) is 0.716. The van der Waals surface area contributed by atoms with Crippen molar-refractivity contribution in [3.8, 4) is 11.1 Å². The van der Waals surface area contributed by atoms with Gasteiger partial charge in [-0.2, -0.15) is 0 Å². The molecule has 2 aromatic carbocycles. The molecule has 2 aromatic rings. The first-order valence-corrected chi connectivity index (χ1v) is 8.01. The highest BCUT2D eigenvalue weighted by atomic mass is 15.2. The number of hydrogen-bond acceptors (Lipinski definition) is 2. The van der Waals surface area contributed by atoms with Crippen molar-refractivity contribution in [2.75, 3.05) is 19.6 Å². The fraction of sp³-hybridized carbons (Fsp3) is 0.368. The van der Waals surface area contributed by atoms with Gasteiger partial charge in [0, 0.05) is 0 Å². The van der Waals surface area contributed by atoms with Crippen LogP contribution in [0.5, 0.6) is 0 Å². The molecule has 0 spiro atoms. The maximum Gasteiger partial charge on any atom is 0.0614 e. The smallest absolute Gasteiger partial charge is 0.0614 e. The van der Waals surface area contributed by atoms with Crippen molar-refractivity contribution < 1.29 is 0 Å². The Morgan fingerprint density at radius 2 is 1.38 bits per heavy atom. The van der Waals surface area contributed by atoms with Crippen LogP contribution < -0.4 is 5.73 Å². The minimum Gasteiger partial charge on any atom is -0.330 e. The third kappa shape index (κ3) is 2.10. The fourth-order valence-electron chi connectivity index (χ4n) is 3.97. The van der Waals surface area contributed by atoms with Gasteiger partial charge in [-0.05, 0) is 60.6 Å². The zero-order chi connectivity index (χ0) is 14.2. The Bertz CT molecular complexity index is 596. The van der Waals surface area contributed by atoms with E-state index in [4.69, 9.17) is 5.73 Å². The maximum absolute atomic E-state index is 5.84. The lowest BCUT2D eigenvalue weighted by molar-refractivity contribution is 0.156. The Balaban J connectivity index is 1.72. The van der Waals surface area contributed by atoms with Gasteiger partial charge in [-0.15, -0.1) is 0 Å². The third-order valence-electron chi connectivity index (χ3n) is 5.15. The van der Waals surface area contributed by atoms with Crippen LogP contribution in [0, 0.1) is 5.92 Å². The molecule has 2 N–H and O–H groups in total. The van der Waals surface area contributed by atoms with Gasteiger partial charge < -0.3 is 5.73 Å². The van der Waals surface area contributed by atoms with Gasteiger partial charge >= 0.3 is 0 Å². The molecule has 2 nitrogen and oxygen atoms in total. The number of likely N-dealkylation sites (tertiary alicyclic amines) is 1. The highest BCUT2D eigenvalue weighted by Crippen LogP contribution is 2.46. The van der Waals surface area contributed by atoms with E-state index < -0.39 is 0 Å². The molecule has 0 saturated carbocycles. The Kier molecular flexibility index (Phi) is 3.28. The van der Waals surface area contributed by atoms with Crippen molar-refractivity contribution in [2.45, 2.75) is 18.9 Å². The zero-order valence-electron chi connectivity index (χ0n) is 12.3. The number of nitrogens with two attached hydrogens (primary N) is 1. The third-order valence-corrected chi connectivity index (χ3v) is 5.15. The van der Waals surface area contributed by atoms with E-state index in [0.29, 0.717) is 12.0 Å². The number of benzene rings is 2. The summed E-state index contributed by atoms with van der Waals surface area (Å²) < 4.78 is 0. The van der Waals surface area contributed by atoms with Crippen molar-refractivity contribution >= 4 is 0 Å². The Hall–Kier alpha value is -1.64. The predicted octanol–water partition coefficient (Wildman–Crippen LogP) is 3.43. The van der Waals surface area contributed by atoms with Gasteiger partial charge in [0.15, 0.2) is 0 Å². The fourth-order valence-corrected chi connectivity index (χ4v) is 3.97. The van der Waals surface area contributed by atoms with Crippen LogP contribution in [0.2, 0.25) is 0 Å². The van der Waals surface area contributed by atoms with E-state index in [1.54, 1.807) is 0 Å². The molecule has 0 amide bonds. The predicted molar refractivity (Wildman–Crippen MR) is 87.1 cm³/mol. The van der Waals surface area contributed by atoms with Crippen molar-refractivity contribution in [1.82, 2.24) is 4.90 Å². The van der Waals surface area contributed by atoms with Crippen LogP contribution in [0.4, 0.5) is 0 Å². The summed E-state index contributed by atoms with van der Waals surface area (Å²) in [6, 6.07) is 18.2. The molecule has 2 heteroatoms. The molecule has 0 atom stereocenters.